The van der Waals surface area contributed by atoms with Crippen molar-refractivity contribution in [1.82, 2.24) is 10.2 Å². The van der Waals surface area contributed by atoms with Crippen molar-refractivity contribution in [2.75, 3.05) is 6.54 Å². The number of amides is 3. The summed E-state index contributed by atoms with van der Waals surface area (Å²) in [6, 6.07) is 7.32. The number of nitrogens with zero attached hydrogens (tertiary/aromatic N) is 1. The van der Waals surface area contributed by atoms with Crippen LogP contribution in [0.4, 0.5) is 4.79 Å². The number of hydrogen-bond donors (Lipinski definition) is 2. The Kier molecular flexibility index (Phi) is 4.81. The fourth-order valence-corrected chi connectivity index (χ4v) is 2.83. The lowest BCUT2D eigenvalue weighted by Gasteiger charge is -2.08. The van der Waals surface area contributed by atoms with Gasteiger partial charge in [0.1, 0.15) is 17.2 Å². The van der Waals surface area contributed by atoms with Gasteiger partial charge >= 0.3 is 12.0 Å². The number of benzene rings is 1. The Balaban J connectivity index is 1.85. The smallest absolute Gasteiger partial charge is 0.337 e. The number of rotatable bonds is 5. The van der Waals surface area contributed by atoms with E-state index < -0.39 is 17.9 Å². The maximum atomic E-state index is 12.2. The normalized spacial score (nSPS) is 15.6. The lowest BCUT2D eigenvalue weighted by molar-refractivity contribution is -0.122. The molecule has 3 amide bonds. The number of nitrogens with one attached hydrogen (secondary N) is 1. The standard InChI is InChI=1S/C18H15ClN2O5/c1-2-7-21-16(22)14(20-18(21)25)9-11-4-6-15(26-11)10-3-5-12(17(23)24)13(19)8-10/h3-6,8-9H,2,7H2,1H3,(H,20,25)(H,23,24). The molecule has 0 aliphatic carbocycles. The molecule has 1 aromatic carbocycles. The number of furan rings is 1. The van der Waals surface area contributed by atoms with Crippen LogP contribution in [0.25, 0.3) is 17.4 Å². The van der Waals surface area contributed by atoms with E-state index >= 15 is 0 Å². The molecule has 1 aliphatic rings. The minimum atomic E-state index is -1.11. The van der Waals surface area contributed by atoms with Crippen LogP contribution >= 0.6 is 11.6 Å². The van der Waals surface area contributed by atoms with Gasteiger partial charge in [-0.3, -0.25) is 9.69 Å². The van der Waals surface area contributed by atoms with E-state index in [9.17, 15) is 14.4 Å². The van der Waals surface area contributed by atoms with Crippen LogP contribution in [0, 0.1) is 0 Å². The average Bonchev–Trinajstić information content (AvgIpc) is 3.15. The number of halogens is 1. The zero-order valence-corrected chi connectivity index (χ0v) is 14.5. The van der Waals surface area contributed by atoms with Crippen LogP contribution in [0.2, 0.25) is 5.02 Å². The molecule has 1 saturated heterocycles. The summed E-state index contributed by atoms with van der Waals surface area (Å²) in [5.74, 6) is -0.680. The first-order valence-corrected chi connectivity index (χ1v) is 8.26. The summed E-state index contributed by atoms with van der Waals surface area (Å²) >= 11 is 5.97. The van der Waals surface area contributed by atoms with E-state index in [1.165, 1.54) is 18.2 Å². The summed E-state index contributed by atoms with van der Waals surface area (Å²) in [6.45, 7) is 2.22. The van der Waals surface area contributed by atoms with E-state index in [-0.39, 0.29) is 16.3 Å². The van der Waals surface area contributed by atoms with Gasteiger partial charge in [0, 0.05) is 18.2 Å². The van der Waals surface area contributed by atoms with Crippen molar-refractivity contribution >= 4 is 35.6 Å². The predicted octanol–water partition coefficient (Wildman–Crippen LogP) is 3.60. The van der Waals surface area contributed by atoms with E-state index in [1.54, 1.807) is 18.2 Å². The molecule has 3 rings (SSSR count). The molecule has 134 valence electrons. The van der Waals surface area contributed by atoms with Crippen molar-refractivity contribution < 1.29 is 23.9 Å². The summed E-state index contributed by atoms with van der Waals surface area (Å²) in [4.78, 5) is 36.1. The highest BCUT2D eigenvalue weighted by Gasteiger charge is 2.32. The molecule has 26 heavy (non-hydrogen) atoms. The molecule has 1 aromatic heterocycles. The number of carbonyl (C=O) groups excluding carboxylic acids is 2. The molecular weight excluding hydrogens is 360 g/mol. The van der Waals surface area contributed by atoms with E-state index in [1.807, 2.05) is 6.92 Å². The van der Waals surface area contributed by atoms with Gasteiger partial charge in [0.15, 0.2) is 0 Å². The third kappa shape index (κ3) is 3.34. The van der Waals surface area contributed by atoms with Gasteiger partial charge in [-0.25, -0.2) is 9.59 Å². The van der Waals surface area contributed by atoms with Crippen LogP contribution in [0.3, 0.4) is 0 Å². The van der Waals surface area contributed by atoms with Gasteiger partial charge in [0.25, 0.3) is 5.91 Å². The minimum Gasteiger partial charge on any atom is -0.478 e. The maximum Gasteiger partial charge on any atom is 0.337 e. The lowest BCUT2D eigenvalue weighted by Crippen LogP contribution is -2.31. The van der Waals surface area contributed by atoms with Crippen molar-refractivity contribution in [2.24, 2.45) is 0 Å². The third-order valence-electron chi connectivity index (χ3n) is 3.81. The zero-order valence-electron chi connectivity index (χ0n) is 13.8. The number of imide groups is 1. The van der Waals surface area contributed by atoms with Crippen molar-refractivity contribution in [1.29, 1.82) is 0 Å². The number of hydrogen-bond acceptors (Lipinski definition) is 4. The third-order valence-corrected chi connectivity index (χ3v) is 4.12. The predicted molar refractivity (Wildman–Crippen MR) is 94.6 cm³/mol. The first kappa shape index (κ1) is 17.8. The molecule has 0 atom stereocenters. The van der Waals surface area contributed by atoms with E-state index in [4.69, 9.17) is 21.1 Å². The Hall–Kier alpha value is -3.06. The van der Waals surface area contributed by atoms with Gasteiger partial charge < -0.3 is 14.8 Å². The SMILES string of the molecule is CCCN1C(=O)NC(=Cc2ccc(-c3ccc(C(=O)O)c(Cl)c3)o2)C1=O. The number of carbonyl (C=O) groups is 3. The molecule has 0 radical (unpaired) electrons. The second-order valence-electron chi connectivity index (χ2n) is 5.65. The molecule has 2 aromatic rings. The van der Waals surface area contributed by atoms with Crippen LogP contribution in [0.15, 0.2) is 40.4 Å². The molecule has 0 bridgehead atoms. The molecule has 1 aliphatic heterocycles. The van der Waals surface area contributed by atoms with Gasteiger partial charge in [0.2, 0.25) is 0 Å². The monoisotopic (exact) mass is 374 g/mol. The highest BCUT2D eigenvalue weighted by molar-refractivity contribution is 6.33. The van der Waals surface area contributed by atoms with Gasteiger partial charge in [-0.1, -0.05) is 24.6 Å². The van der Waals surface area contributed by atoms with Crippen LogP contribution < -0.4 is 5.32 Å². The summed E-state index contributed by atoms with van der Waals surface area (Å²) in [5, 5.41) is 11.6. The highest BCUT2D eigenvalue weighted by Crippen LogP contribution is 2.28. The van der Waals surface area contributed by atoms with Crippen molar-refractivity contribution in [3.05, 3.63) is 52.4 Å². The topological polar surface area (TPSA) is 99.8 Å². The molecule has 2 heterocycles. The molecule has 0 spiro atoms. The maximum absolute atomic E-state index is 12.2. The van der Waals surface area contributed by atoms with Crippen LogP contribution in [-0.2, 0) is 4.79 Å². The van der Waals surface area contributed by atoms with Crippen molar-refractivity contribution in [2.45, 2.75) is 13.3 Å². The molecule has 0 unspecified atom stereocenters. The number of carboxylic acid groups (broad SMARTS) is 1. The Morgan fingerprint density at radius 2 is 2.08 bits per heavy atom. The molecule has 7 nitrogen and oxygen atoms in total. The highest BCUT2D eigenvalue weighted by atomic mass is 35.5. The van der Waals surface area contributed by atoms with E-state index in [0.717, 1.165) is 4.90 Å². The van der Waals surface area contributed by atoms with Crippen molar-refractivity contribution in [3.63, 3.8) is 0 Å². The van der Waals surface area contributed by atoms with Crippen LogP contribution in [-0.4, -0.2) is 34.5 Å². The first-order chi connectivity index (χ1) is 12.4. The quantitative estimate of drug-likeness (QED) is 0.615. The van der Waals surface area contributed by atoms with Crippen molar-refractivity contribution in [3.8, 4) is 11.3 Å². The van der Waals surface area contributed by atoms with Gasteiger partial charge in [-0.15, -0.1) is 0 Å². The minimum absolute atomic E-state index is 0.000375. The molecule has 2 N–H and O–H groups in total. The number of urea groups is 1. The zero-order chi connectivity index (χ0) is 18.8. The Morgan fingerprint density at radius 3 is 2.73 bits per heavy atom. The Labute approximate surface area is 153 Å². The number of carboxylic acids is 1. The van der Waals surface area contributed by atoms with Gasteiger partial charge in [-0.2, -0.15) is 0 Å². The van der Waals surface area contributed by atoms with Gasteiger partial charge in [-0.05, 0) is 30.7 Å². The largest absolute Gasteiger partial charge is 0.478 e. The van der Waals surface area contributed by atoms with Crippen LogP contribution in [0.5, 0.6) is 0 Å². The summed E-state index contributed by atoms with van der Waals surface area (Å²) < 4.78 is 5.66. The van der Waals surface area contributed by atoms with E-state index in [2.05, 4.69) is 5.32 Å². The average molecular weight is 375 g/mol. The summed E-state index contributed by atoms with van der Waals surface area (Å²) in [6.07, 6.45) is 2.12. The second kappa shape index (κ2) is 7.05. The van der Waals surface area contributed by atoms with Gasteiger partial charge in [0.05, 0.1) is 10.6 Å². The molecular formula is C18H15ClN2O5. The van der Waals surface area contributed by atoms with Crippen LogP contribution in [0.1, 0.15) is 29.5 Å². The number of aromatic carboxylic acids is 1. The molecule has 0 saturated carbocycles. The Morgan fingerprint density at radius 1 is 1.31 bits per heavy atom. The fraction of sp³-hybridized carbons (Fsp3) is 0.167. The molecule has 1 fully saturated rings. The fourth-order valence-electron chi connectivity index (χ4n) is 2.57. The molecule has 8 heteroatoms. The second-order valence-corrected chi connectivity index (χ2v) is 6.05. The summed E-state index contributed by atoms with van der Waals surface area (Å²) in [7, 11) is 0. The lowest BCUT2D eigenvalue weighted by atomic mass is 10.1. The summed E-state index contributed by atoms with van der Waals surface area (Å²) in [5.41, 5.74) is 0.738. The Bertz CT molecular complexity index is 931. The first-order valence-electron chi connectivity index (χ1n) is 7.88. The van der Waals surface area contributed by atoms with E-state index in [0.29, 0.717) is 30.0 Å².